The molecular weight excluding hydrogens is 455 g/mol. The van der Waals surface area contributed by atoms with Gasteiger partial charge in [-0.1, -0.05) is 12.0 Å². The third-order valence-corrected chi connectivity index (χ3v) is 4.16. The van der Waals surface area contributed by atoms with Crippen LogP contribution >= 0.6 is 24.0 Å². The SMILES string of the molecule is C#Cc1cccc(NC(=O)CN=C(NCC)N2CCC(OCC)CC2)c1.I. The number of carbonyl (C=O) groups excluding carboxylic acids is 1. The zero-order chi connectivity index (χ0) is 18.8. The van der Waals surface area contributed by atoms with E-state index in [1.807, 2.05) is 32.0 Å². The quantitative estimate of drug-likeness (QED) is 0.282. The molecule has 7 heteroatoms. The van der Waals surface area contributed by atoms with Crippen LogP contribution in [0.15, 0.2) is 29.3 Å². The van der Waals surface area contributed by atoms with Crippen LogP contribution in [-0.4, -0.2) is 55.7 Å². The largest absolute Gasteiger partial charge is 0.378 e. The molecule has 0 unspecified atom stereocenters. The molecule has 1 aliphatic heterocycles. The summed E-state index contributed by atoms with van der Waals surface area (Å²) in [5, 5.41) is 6.10. The second kappa shape index (κ2) is 12.6. The fourth-order valence-electron chi connectivity index (χ4n) is 2.93. The highest BCUT2D eigenvalue weighted by Crippen LogP contribution is 2.14. The van der Waals surface area contributed by atoms with Gasteiger partial charge in [-0.15, -0.1) is 30.4 Å². The minimum atomic E-state index is -0.168. The average molecular weight is 484 g/mol. The van der Waals surface area contributed by atoms with E-state index in [0.29, 0.717) is 11.8 Å². The van der Waals surface area contributed by atoms with Gasteiger partial charge < -0.3 is 20.3 Å². The number of nitrogens with one attached hydrogen (secondary N) is 2. The Labute approximate surface area is 179 Å². The fourth-order valence-corrected chi connectivity index (χ4v) is 2.93. The van der Waals surface area contributed by atoms with Crippen molar-refractivity contribution in [2.75, 3.05) is 38.1 Å². The number of benzene rings is 1. The van der Waals surface area contributed by atoms with Crippen molar-refractivity contribution in [3.05, 3.63) is 29.8 Å². The first-order chi connectivity index (χ1) is 12.7. The Morgan fingerprint density at radius 3 is 2.74 bits per heavy atom. The molecular formula is C20H29IN4O2. The molecule has 1 aliphatic rings. The van der Waals surface area contributed by atoms with Gasteiger partial charge >= 0.3 is 0 Å². The monoisotopic (exact) mass is 484 g/mol. The number of nitrogens with zero attached hydrogens (tertiary/aromatic N) is 2. The number of ether oxygens (including phenoxy) is 1. The number of terminal acetylenes is 1. The number of rotatable bonds is 6. The highest BCUT2D eigenvalue weighted by Gasteiger charge is 2.21. The number of halogens is 1. The summed E-state index contributed by atoms with van der Waals surface area (Å²) in [7, 11) is 0. The van der Waals surface area contributed by atoms with E-state index in [-0.39, 0.29) is 36.4 Å². The fraction of sp³-hybridized carbons (Fsp3) is 0.500. The van der Waals surface area contributed by atoms with Crippen molar-refractivity contribution in [3.63, 3.8) is 0 Å². The Morgan fingerprint density at radius 2 is 2.11 bits per heavy atom. The third kappa shape index (κ3) is 7.77. The van der Waals surface area contributed by atoms with Gasteiger partial charge in [-0.2, -0.15) is 0 Å². The summed E-state index contributed by atoms with van der Waals surface area (Å²) in [6.45, 7) is 7.37. The molecule has 0 atom stereocenters. The number of piperidine rings is 1. The maximum Gasteiger partial charge on any atom is 0.246 e. The molecule has 0 aromatic heterocycles. The predicted molar refractivity (Wildman–Crippen MR) is 121 cm³/mol. The van der Waals surface area contributed by atoms with Gasteiger partial charge in [0, 0.05) is 37.5 Å². The maximum atomic E-state index is 12.2. The topological polar surface area (TPSA) is 66.0 Å². The second-order valence-electron chi connectivity index (χ2n) is 6.09. The van der Waals surface area contributed by atoms with Crippen molar-refractivity contribution in [1.82, 2.24) is 10.2 Å². The summed E-state index contributed by atoms with van der Waals surface area (Å²) in [6.07, 6.45) is 7.66. The predicted octanol–water partition coefficient (Wildman–Crippen LogP) is 2.69. The van der Waals surface area contributed by atoms with Crippen LogP contribution in [0.25, 0.3) is 0 Å². The lowest BCUT2D eigenvalue weighted by atomic mass is 10.1. The highest BCUT2D eigenvalue weighted by molar-refractivity contribution is 14.0. The standard InChI is InChI=1S/C20H28N4O2.HI/c1-4-16-8-7-9-17(14-16)23-19(25)15-22-20(21-5-2)24-12-10-18(11-13-24)26-6-3;/h1,7-9,14,18H,5-6,10-13,15H2,2-3H3,(H,21,22)(H,23,25);1H. The molecule has 0 bridgehead atoms. The molecule has 6 nitrogen and oxygen atoms in total. The zero-order valence-electron chi connectivity index (χ0n) is 16.0. The van der Waals surface area contributed by atoms with Crippen LogP contribution < -0.4 is 10.6 Å². The van der Waals surface area contributed by atoms with E-state index in [1.165, 1.54) is 0 Å². The van der Waals surface area contributed by atoms with E-state index in [0.717, 1.165) is 50.6 Å². The van der Waals surface area contributed by atoms with Crippen molar-refractivity contribution in [1.29, 1.82) is 0 Å². The molecule has 2 rings (SSSR count). The van der Waals surface area contributed by atoms with E-state index >= 15 is 0 Å². The first-order valence-corrected chi connectivity index (χ1v) is 9.17. The number of guanidine groups is 1. The summed E-state index contributed by atoms with van der Waals surface area (Å²) < 4.78 is 5.69. The van der Waals surface area contributed by atoms with Gasteiger partial charge in [0.25, 0.3) is 0 Å². The lowest BCUT2D eigenvalue weighted by Gasteiger charge is -2.34. The summed E-state index contributed by atoms with van der Waals surface area (Å²) in [4.78, 5) is 18.9. The number of hydrogen-bond donors (Lipinski definition) is 2. The van der Waals surface area contributed by atoms with Crippen LogP contribution in [0.3, 0.4) is 0 Å². The summed E-state index contributed by atoms with van der Waals surface area (Å²) in [5.74, 6) is 3.16. The van der Waals surface area contributed by atoms with E-state index in [9.17, 15) is 4.79 Å². The second-order valence-corrected chi connectivity index (χ2v) is 6.09. The van der Waals surface area contributed by atoms with Crippen molar-refractivity contribution in [2.24, 2.45) is 4.99 Å². The smallest absolute Gasteiger partial charge is 0.246 e. The Morgan fingerprint density at radius 1 is 1.37 bits per heavy atom. The maximum absolute atomic E-state index is 12.2. The molecule has 0 radical (unpaired) electrons. The van der Waals surface area contributed by atoms with E-state index < -0.39 is 0 Å². The molecule has 0 spiro atoms. The Kier molecular flexibility index (Phi) is 10.8. The average Bonchev–Trinajstić information content (AvgIpc) is 2.66. The number of likely N-dealkylation sites (tertiary alicyclic amines) is 1. The highest BCUT2D eigenvalue weighted by atomic mass is 127. The molecule has 0 saturated carbocycles. The lowest BCUT2D eigenvalue weighted by Crippen LogP contribution is -2.47. The minimum Gasteiger partial charge on any atom is -0.378 e. The molecule has 27 heavy (non-hydrogen) atoms. The van der Waals surface area contributed by atoms with Gasteiger partial charge in [0.2, 0.25) is 5.91 Å². The van der Waals surface area contributed by atoms with Gasteiger partial charge in [-0.3, -0.25) is 4.79 Å². The Balaban J connectivity index is 0.00000364. The number of amides is 1. The van der Waals surface area contributed by atoms with Crippen LogP contribution in [0.5, 0.6) is 0 Å². The van der Waals surface area contributed by atoms with Crippen molar-refractivity contribution in [2.45, 2.75) is 32.8 Å². The van der Waals surface area contributed by atoms with Gasteiger partial charge in [-0.25, -0.2) is 4.99 Å². The zero-order valence-corrected chi connectivity index (χ0v) is 18.4. The van der Waals surface area contributed by atoms with E-state index in [1.54, 1.807) is 6.07 Å². The number of anilines is 1. The molecule has 1 aromatic carbocycles. The van der Waals surface area contributed by atoms with Gasteiger partial charge in [0.1, 0.15) is 6.54 Å². The van der Waals surface area contributed by atoms with Crippen molar-refractivity contribution in [3.8, 4) is 12.3 Å². The minimum absolute atomic E-state index is 0. The number of aliphatic imine (C=N–C) groups is 1. The summed E-state index contributed by atoms with van der Waals surface area (Å²) >= 11 is 0. The first kappa shape index (κ1) is 23.2. The summed E-state index contributed by atoms with van der Waals surface area (Å²) in [5.41, 5.74) is 1.42. The Bertz CT molecular complexity index is 664. The molecule has 1 aromatic rings. The molecule has 1 fully saturated rings. The molecule has 1 amide bonds. The summed E-state index contributed by atoms with van der Waals surface area (Å²) in [6, 6.07) is 7.22. The van der Waals surface area contributed by atoms with Crippen molar-refractivity contribution < 1.29 is 9.53 Å². The van der Waals surface area contributed by atoms with Crippen LogP contribution in [0.1, 0.15) is 32.3 Å². The number of carbonyl (C=O) groups is 1. The van der Waals surface area contributed by atoms with E-state index in [4.69, 9.17) is 11.2 Å². The third-order valence-electron chi connectivity index (χ3n) is 4.16. The van der Waals surface area contributed by atoms with Gasteiger partial charge in [0.05, 0.1) is 6.10 Å². The molecule has 1 saturated heterocycles. The number of hydrogen-bond acceptors (Lipinski definition) is 3. The molecule has 0 aliphatic carbocycles. The normalized spacial score (nSPS) is 14.9. The van der Waals surface area contributed by atoms with Gasteiger partial charge in [-0.05, 0) is 44.9 Å². The van der Waals surface area contributed by atoms with Crippen molar-refractivity contribution >= 4 is 41.5 Å². The van der Waals surface area contributed by atoms with Crippen LogP contribution in [-0.2, 0) is 9.53 Å². The Hall–Kier alpha value is -1.79. The molecule has 148 valence electrons. The van der Waals surface area contributed by atoms with Crippen LogP contribution in [0.2, 0.25) is 0 Å². The van der Waals surface area contributed by atoms with Gasteiger partial charge in [0.15, 0.2) is 5.96 Å². The van der Waals surface area contributed by atoms with Crippen LogP contribution in [0, 0.1) is 12.3 Å². The van der Waals surface area contributed by atoms with E-state index in [2.05, 4.69) is 26.4 Å². The molecule has 2 N–H and O–H groups in total. The lowest BCUT2D eigenvalue weighted by molar-refractivity contribution is -0.114. The molecule has 1 heterocycles. The van der Waals surface area contributed by atoms with Crippen LogP contribution in [0.4, 0.5) is 5.69 Å². The first-order valence-electron chi connectivity index (χ1n) is 9.17.